The molecule has 1 unspecified atom stereocenters. The Bertz CT molecular complexity index is 344. The molecule has 0 bridgehead atoms. The minimum Gasteiger partial charge on any atom is -0.444 e. The summed E-state index contributed by atoms with van der Waals surface area (Å²) in [5.41, 5.74) is 8.03. The van der Waals surface area contributed by atoms with Gasteiger partial charge in [0.25, 0.3) is 0 Å². The third-order valence-electron chi connectivity index (χ3n) is 2.94. The first kappa shape index (κ1) is 14.6. The van der Waals surface area contributed by atoms with Crippen molar-refractivity contribution in [3.8, 4) is 0 Å². The van der Waals surface area contributed by atoms with Crippen LogP contribution in [-0.2, 0) is 4.74 Å². The topological polar surface area (TPSA) is 78.3 Å². The largest absolute Gasteiger partial charge is 0.444 e. The smallest absolute Gasteiger partial charge is 0.410 e. The van der Waals surface area contributed by atoms with Gasteiger partial charge in [0.2, 0.25) is 0 Å². The predicted octanol–water partition coefficient (Wildman–Crippen LogP) is 3.33. The number of likely N-dealkylation sites (tertiary alicyclic amines) is 1. The van der Waals surface area contributed by atoms with Crippen LogP contribution in [-0.4, -0.2) is 35.7 Å². The lowest BCUT2D eigenvalue weighted by molar-refractivity contribution is 0.0236. The quantitative estimate of drug-likeness (QED) is 0.408. The fraction of sp³-hybridized carbons (Fsp3) is 0.917. The van der Waals surface area contributed by atoms with Gasteiger partial charge in [-0.15, -0.1) is 0 Å². The highest BCUT2D eigenvalue weighted by molar-refractivity contribution is 5.68. The lowest BCUT2D eigenvalue weighted by Crippen LogP contribution is -2.39. The van der Waals surface area contributed by atoms with Gasteiger partial charge in [-0.1, -0.05) is 12.0 Å². The van der Waals surface area contributed by atoms with Gasteiger partial charge in [0.05, 0.1) is 0 Å². The predicted molar refractivity (Wildman–Crippen MR) is 69.1 cm³/mol. The van der Waals surface area contributed by atoms with Crippen LogP contribution in [0.1, 0.15) is 40.5 Å². The van der Waals surface area contributed by atoms with E-state index in [-0.39, 0.29) is 18.1 Å². The van der Waals surface area contributed by atoms with E-state index in [0.717, 1.165) is 12.8 Å². The molecule has 18 heavy (non-hydrogen) atoms. The lowest BCUT2D eigenvalue weighted by Gasteiger charge is -2.28. The molecule has 0 spiro atoms. The molecule has 1 fully saturated rings. The van der Waals surface area contributed by atoms with E-state index in [1.165, 1.54) is 0 Å². The van der Waals surface area contributed by atoms with Crippen LogP contribution in [0.4, 0.5) is 4.79 Å². The SMILES string of the molecule is C[C@@H]1CN(C(=O)OC(C)(C)C)CCCC1N=[N+]=[N-]. The Morgan fingerprint density at radius 1 is 1.50 bits per heavy atom. The number of hydrogen-bond acceptors (Lipinski definition) is 3. The van der Waals surface area contributed by atoms with Crippen LogP contribution in [0.2, 0.25) is 0 Å². The summed E-state index contributed by atoms with van der Waals surface area (Å²) in [6.45, 7) is 8.82. The minimum atomic E-state index is -0.475. The van der Waals surface area contributed by atoms with E-state index in [9.17, 15) is 4.79 Å². The molecular weight excluding hydrogens is 232 g/mol. The number of hydrogen-bond donors (Lipinski definition) is 0. The van der Waals surface area contributed by atoms with Crippen molar-refractivity contribution in [2.24, 2.45) is 11.0 Å². The molecule has 0 saturated carbocycles. The van der Waals surface area contributed by atoms with Gasteiger partial charge >= 0.3 is 6.09 Å². The summed E-state index contributed by atoms with van der Waals surface area (Å²) in [6.07, 6.45) is 1.38. The van der Waals surface area contributed by atoms with E-state index in [2.05, 4.69) is 10.0 Å². The normalized spacial score (nSPS) is 25.0. The first-order valence-corrected chi connectivity index (χ1v) is 6.35. The molecule has 102 valence electrons. The maximum atomic E-state index is 12.0. The van der Waals surface area contributed by atoms with Crippen LogP contribution in [0.25, 0.3) is 10.4 Å². The van der Waals surface area contributed by atoms with Crippen LogP contribution < -0.4 is 0 Å². The van der Waals surface area contributed by atoms with E-state index in [4.69, 9.17) is 10.3 Å². The number of carbonyl (C=O) groups excluding carboxylic acids is 1. The Labute approximate surface area is 108 Å². The Kier molecular flexibility index (Phi) is 4.84. The molecule has 1 heterocycles. The molecule has 0 radical (unpaired) electrons. The zero-order chi connectivity index (χ0) is 13.8. The van der Waals surface area contributed by atoms with Gasteiger partial charge in [0, 0.05) is 24.0 Å². The molecule has 0 aliphatic carbocycles. The van der Waals surface area contributed by atoms with Gasteiger partial charge in [0.1, 0.15) is 5.60 Å². The number of rotatable bonds is 1. The lowest BCUT2D eigenvalue weighted by atomic mass is 10.0. The van der Waals surface area contributed by atoms with E-state index in [0.29, 0.717) is 13.1 Å². The summed E-state index contributed by atoms with van der Waals surface area (Å²) in [6, 6.07) is -0.0255. The molecule has 1 saturated heterocycles. The molecule has 6 heteroatoms. The third-order valence-corrected chi connectivity index (χ3v) is 2.94. The van der Waals surface area contributed by atoms with Crippen molar-refractivity contribution in [3.63, 3.8) is 0 Å². The summed E-state index contributed by atoms with van der Waals surface area (Å²) in [7, 11) is 0. The molecule has 6 nitrogen and oxygen atoms in total. The van der Waals surface area contributed by atoms with Crippen molar-refractivity contribution < 1.29 is 9.53 Å². The molecule has 1 rings (SSSR count). The standard InChI is InChI=1S/C12H22N4O2/c1-9-8-16(11(17)18-12(2,3)4)7-5-6-10(9)14-15-13/h9-10H,5-8H2,1-4H3/t9-,10?/m1/s1. The zero-order valence-electron chi connectivity index (χ0n) is 11.6. The molecular formula is C12H22N4O2. The molecule has 0 aromatic rings. The van der Waals surface area contributed by atoms with E-state index in [1.54, 1.807) is 4.90 Å². The van der Waals surface area contributed by atoms with E-state index >= 15 is 0 Å². The van der Waals surface area contributed by atoms with Crippen LogP contribution in [0.3, 0.4) is 0 Å². The van der Waals surface area contributed by atoms with Gasteiger partial charge in [-0.25, -0.2) is 4.79 Å². The third kappa shape index (κ3) is 4.45. The second-order valence-electron chi connectivity index (χ2n) is 5.82. The minimum absolute atomic E-state index is 0.0255. The van der Waals surface area contributed by atoms with Crippen LogP contribution >= 0.6 is 0 Å². The number of nitrogens with zero attached hydrogens (tertiary/aromatic N) is 4. The highest BCUT2D eigenvalue weighted by atomic mass is 16.6. The Hall–Kier alpha value is -1.42. The second kappa shape index (κ2) is 5.96. The number of azide groups is 1. The average Bonchev–Trinajstić information content (AvgIpc) is 2.40. The van der Waals surface area contributed by atoms with Gasteiger partial charge in [0.15, 0.2) is 0 Å². The van der Waals surface area contributed by atoms with Gasteiger partial charge in [-0.2, -0.15) is 0 Å². The monoisotopic (exact) mass is 254 g/mol. The Morgan fingerprint density at radius 3 is 2.72 bits per heavy atom. The van der Waals surface area contributed by atoms with Crippen molar-refractivity contribution in [2.45, 2.75) is 52.2 Å². The van der Waals surface area contributed by atoms with Crippen molar-refractivity contribution in [1.29, 1.82) is 0 Å². The van der Waals surface area contributed by atoms with E-state index in [1.807, 2.05) is 27.7 Å². The van der Waals surface area contributed by atoms with Crippen LogP contribution in [0, 0.1) is 5.92 Å². The summed E-state index contributed by atoms with van der Waals surface area (Å²) in [5.74, 6) is 0.163. The van der Waals surface area contributed by atoms with Crippen molar-refractivity contribution in [3.05, 3.63) is 10.4 Å². The molecule has 0 N–H and O–H groups in total. The maximum absolute atomic E-state index is 12.0. The van der Waals surface area contributed by atoms with Crippen molar-refractivity contribution in [2.75, 3.05) is 13.1 Å². The molecule has 1 aliphatic heterocycles. The zero-order valence-corrected chi connectivity index (χ0v) is 11.6. The first-order chi connectivity index (χ1) is 8.33. The highest BCUT2D eigenvalue weighted by Crippen LogP contribution is 2.21. The number of amides is 1. The Balaban J connectivity index is 2.64. The average molecular weight is 254 g/mol. The molecule has 0 aromatic carbocycles. The summed E-state index contributed by atoms with van der Waals surface area (Å²) >= 11 is 0. The number of ether oxygens (including phenoxy) is 1. The molecule has 0 aromatic heterocycles. The summed E-state index contributed by atoms with van der Waals surface area (Å²) < 4.78 is 5.36. The van der Waals surface area contributed by atoms with Gasteiger partial charge in [-0.05, 0) is 45.1 Å². The van der Waals surface area contributed by atoms with Crippen LogP contribution in [0.15, 0.2) is 5.11 Å². The molecule has 2 atom stereocenters. The molecule has 1 amide bonds. The summed E-state index contributed by atoms with van der Waals surface area (Å²) in [4.78, 5) is 16.6. The highest BCUT2D eigenvalue weighted by Gasteiger charge is 2.28. The van der Waals surface area contributed by atoms with E-state index < -0.39 is 5.60 Å². The summed E-state index contributed by atoms with van der Waals surface area (Å²) in [5, 5.41) is 3.79. The second-order valence-corrected chi connectivity index (χ2v) is 5.82. The molecule has 1 aliphatic rings. The Morgan fingerprint density at radius 2 is 2.17 bits per heavy atom. The van der Waals surface area contributed by atoms with Crippen LogP contribution in [0.5, 0.6) is 0 Å². The van der Waals surface area contributed by atoms with Crippen molar-refractivity contribution in [1.82, 2.24) is 4.90 Å². The fourth-order valence-corrected chi connectivity index (χ4v) is 2.07. The van der Waals surface area contributed by atoms with Gasteiger partial charge in [-0.3, -0.25) is 0 Å². The number of carbonyl (C=O) groups is 1. The van der Waals surface area contributed by atoms with Crippen molar-refractivity contribution >= 4 is 6.09 Å². The first-order valence-electron chi connectivity index (χ1n) is 6.35. The fourth-order valence-electron chi connectivity index (χ4n) is 2.07. The maximum Gasteiger partial charge on any atom is 0.410 e. The van der Waals surface area contributed by atoms with Gasteiger partial charge < -0.3 is 9.64 Å².